The predicted molar refractivity (Wildman–Crippen MR) is 62.5 cm³/mol. The molecule has 2 N–H and O–H groups in total. The van der Waals surface area contributed by atoms with Gasteiger partial charge in [-0.25, -0.2) is 4.98 Å². The van der Waals surface area contributed by atoms with Crippen LogP contribution in [-0.4, -0.2) is 10.9 Å². The van der Waals surface area contributed by atoms with Crippen molar-refractivity contribution >= 4 is 23.5 Å². The maximum absolute atomic E-state index is 11.3. The van der Waals surface area contributed by atoms with E-state index in [9.17, 15) is 4.79 Å². The number of nitriles is 1. The number of amides is 1. The Labute approximate surface area is 93.8 Å². The Morgan fingerprint density at radius 1 is 1.75 bits per heavy atom. The molecule has 0 aliphatic heterocycles. The summed E-state index contributed by atoms with van der Waals surface area (Å²) in [4.78, 5) is 15.2. The van der Waals surface area contributed by atoms with E-state index >= 15 is 0 Å². The fraction of sp³-hybridized carbons (Fsp3) is 0.182. The molecule has 0 radical (unpaired) electrons. The summed E-state index contributed by atoms with van der Waals surface area (Å²) in [6.45, 7) is 5.39. The van der Waals surface area contributed by atoms with Gasteiger partial charge in [0.05, 0.1) is 5.69 Å². The van der Waals surface area contributed by atoms with Gasteiger partial charge in [-0.2, -0.15) is 5.26 Å². The first-order chi connectivity index (χ1) is 7.72. The minimum absolute atomic E-state index is 0.0998. The molecule has 1 heterocycles. The SMILES string of the molecule is C=Cc1c(NC(=O)CC)ccnc1NC#N. The fourth-order valence-electron chi connectivity index (χ4n) is 1.18. The highest BCUT2D eigenvalue weighted by Crippen LogP contribution is 2.23. The van der Waals surface area contributed by atoms with E-state index in [2.05, 4.69) is 22.2 Å². The van der Waals surface area contributed by atoms with Crippen LogP contribution in [0.15, 0.2) is 18.8 Å². The Morgan fingerprint density at radius 3 is 3.06 bits per heavy atom. The molecule has 0 saturated carbocycles. The largest absolute Gasteiger partial charge is 0.325 e. The number of nitrogens with zero attached hydrogens (tertiary/aromatic N) is 2. The number of anilines is 2. The molecule has 5 heteroatoms. The van der Waals surface area contributed by atoms with Crippen LogP contribution in [0.5, 0.6) is 0 Å². The highest BCUT2D eigenvalue weighted by Gasteiger charge is 2.08. The lowest BCUT2D eigenvalue weighted by molar-refractivity contribution is -0.115. The summed E-state index contributed by atoms with van der Waals surface area (Å²) >= 11 is 0. The molecule has 0 unspecified atom stereocenters. The average Bonchev–Trinajstić information content (AvgIpc) is 2.29. The molecular formula is C11H12N4O. The third-order valence-corrected chi connectivity index (χ3v) is 1.96. The van der Waals surface area contributed by atoms with Crippen molar-refractivity contribution in [3.63, 3.8) is 0 Å². The molecule has 1 aromatic rings. The molecule has 0 fully saturated rings. The van der Waals surface area contributed by atoms with Gasteiger partial charge >= 0.3 is 0 Å². The summed E-state index contributed by atoms with van der Waals surface area (Å²) in [6.07, 6.45) is 5.22. The summed E-state index contributed by atoms with van der Waals surface area (Å²) in [5.74, 6) is 0.281. The molecule has 1 amide bonds. The molecule has 1 rings (SSSR count). The molecule has 82 valence electrons. The molecule has 16 heavy (non-hydrogen) atoms. The minimum Gasteiger partial charge on any atom is -0.325 e. The van der Waals surface area contributed by atoms with Gasteiger partial charge in [0.2, 0.25) is 5.91 Å². The molecule has 0 aromatic carbocycles. The molecule has 1 aromatic heterocycles. The summed E-state index contributed by atoms with van der Waals surface area (Å²) in [5.41, 5.74) is 1.19. The Hall–Kier alpha value is -2.35. The van der Waals surface area contributed by atoms with Gasteiger partial charge in [0.25, 0.3) is 0 Å². The van der Waals surface area contributed by atoms with E-state index in [0.29, 0.717) is 23.5 Å². The van der Waals surface area contributed by atoms with Crippen LogP contribution in [0.2, 0.25) is 0 Å². The van der Waals surface area contributed by atoms with Gasteiger partial charge in [-0.15, -0.1) is 0 Å². The van der Waals surface area contributed by atoms with Gasteiger partial charge < -0.3 is 5.32 Å². The highest BCUT2D eigenvalue weighted by molar-refractivity contribution is 5.94. The van der Waals surface area contributed by atoms with Gasteiger partial charge in [0.1, 0.15) is 5.82 Å². The van der Waals surface area contributed by atoms with Crippen molar-refractivity contribution in [2.24, 2.45) is 0 Å². The summed E-state index contributed by atoms with van der Waals surface area (Å²) in [7, 11) is 0. The standard InChI is InChI=1S/C11H12N4O/c1-3-8-9(15-10(16)4-2)5-6-13-11(8)14-7-12/h3,5-6H,1,4H2,2H3,(H2,13,14,15,16). The van der Waals surface area contributed by atoms with E-state index in [1.54, 1.807) is 19.2 Å². The third kappa shape index (κ3) is 2.58. The second-order valence-electron chi connectivity index (χ2n) is 2.96. The van der Waals surface area contributed by atoms with Crippen molar-refractivity contribution in [2.75, 3.05) is 10.6 Å². The van der Waals surface area contributed by atoms with E-state index < -0.39 is 0 Å². The predicted octanol–water partition coefficient (Wildman–Crippen LogP) is 1.97. The van der Waals surface area contributed by atoms with E-state index in [4.69, 9.17) is 5.26 Å². The number of carbonyl (C=O) groups excluding carboxylic acids is 1. The molecule has 0 aliphatic rings. The maximum atomic E-state index is 11.3. The van der Waals surface area contributed by atoms with Gasteiger partial charge in [-0.3, -0.25) is 10.1 Å². The van der Waals surface area contributed by atoms with Crippen molar-refractivity contribution in [1.29, 1.82) is 5.26 Å². The number of rotatable bonds is 4. The second kappa shape index (κ2) is 5.51. The lowest BCUT2D eigenvalue weighted by Gasteiger charge is -2.09. The molecule has 5 nitrogen and oxygen atoms in total. The number of hydrogen-bond acceptors (Lipinski definition) is 4. The summed E-state index contributed by atoms with van der Waals surface area (Å²) in [5, 5.41) is 13.7. The van der Waals surface area contributed by atoms with Crippen molar-refractivity contribution < 1.29 is 4.79 Å². The molecule has 0 atom stereocenters. The van der Waals surface area contributed by atoms with Crippen molar-refractivity contribution in [3.05, 3.63) is 24.4 Å². The first-order valence-corrected chi connectivity index (χ1v) is 4.79. The molecule has 0 aliphatic carbocycles. The smallest absolute Gasteiger partial charge is 0.224 e. The molecular weight excluding hydrogens is 204 g/mol. The van der Waals surface area contributed by atoms with Crippen LogP contribution in [0.4, 0.5) is 11.5 Å². The first kappa shape index (κ1) is 11.7. The molecule has 0 spiro atoms. The lowest BCUT2D eigenvalue weighted by Crippen LogP contribution is -2.11. The monoisotopic (exact) mass is 216 g/mol. The Balaban J connectivity index is 3.09. The van der Waals surface area contributed by atoms with Crippen molar-refractivity contribution in [1.82, 2.24) is 4.98 Å². The van der Waals surface area contributed by atoms with Crippen LogP contribution < -0.4 is 10.6 Å². The van der Waals surface area contributed by atoms with Gasteiger partial charge in [-0.05, 0) is 6.07 Å². The van der Waals surface area contributed by atoms with Crippen LogP contribution in [0.25, 0.3) is 6.08 Å². The number of pyridine rings is 1. The van der Waals surface area contributed by atoms with E-state index in [-0.39, 0.29) is 5.91 Å². The number of nitrogens with one attached hydrogen (secondary N) is 2. The topological polar surface area (TPSA) is 77.8 Å². The van der Waals surface area contributed by atoms with Crippen LogP contribution in [-0.2, 0) is 4.79 Å². The summed E-state index contributed by atoms with van der Waals surface area (Å²) in [6, 6.07) is 1.66. The first-order valence-electron chi connectivity index (χ1n) is 4.79. The van der Waals surface area contributed by atoms with E-state index in [1.165, 1.54) is 12.3 Å². The van der Waals surface area contributed by atoms with Crippen molar-refractivity contribution in [2.45, 2.75) is 13.3 Å². The fourth-order valence-corrected chi connectivity index (χ4v) is 1.18. The molecule has 0 saturated heterocycles. The summed E-state index contributed by atoms with van der Waals surface area (Å²) < 4.78 is 0. The van der Waals surface area contributed by atoms with Crippen molar-refractivity contribution in [3.8, 4) is 6.19 Å². The van der Waals surface area contributed by atoms with Crippen LogP contribution in [0.3, 0.4) is 0 Å². The second-order valence-corrected chi connectivity index (χ2v) is 2.96. The number of hydrogen-bond donors (Lipinski definition) is 2. The van der Waals surface area contributed by atoms with Crippen LogP contribution in [0, 0.1) is 11.5 Å². The minimum atomic E-state index is -0.0998. The average molecular weight is 216 g/mol. The normalized spacial score (nSPS) is 9.00. The van der Waals surface area contributed by atoms with Gasteiger partial charge in [0, 0.05) is 18.2 Å². The highest BCUT2D eigenvalue weighted by atomic mass is 16.1. The van der Waals surface area contributed by atoms with Gasteiger partial charge in [0.15, 0.2) is 6.19 Å². The number of carbonyl (C=O) groups is 1. The zero-order chi connectivity index (χ0) is 12.0. The number of aromatic nitrogens is 1. The molecule has 0 bridgehead atoms. The maximum Gasteiger partial charge on any atom is 0.224 e. The zero-order valence-electron chi connectivity index (χ0n) is 8.95. The van der Waals surface area contributed by atoms with E-state index in [0.717, 1.165) is 0 Å². The van der Waals surface area contributed by atoms with Crippen LogP contribution >= 0.6 is 0 Å². The zero-order valence-corrected chi connectivity index (χ0v) is 8.95. The van der Waals surface area contributed by atoms with E-state index in [1.807, 2.05) is 0 Å². The Bertz CT molecular complexity index is 448. The Morgan fingerprint density at radius 2 is 2.50 bits per heavy atom. The Kier molecular flexibility index (Phi) is 4.04. The third-order valence-electron chi connectivity index (χ3n) is 1.96. The lowest BCUT2D eigenvalue weighted by atomic mass is 10.2. The van der Waals surface area contributed by atoms with Crippen LogP contribution in [0.1, 0.15) is 18.9 Å². The van der Waals surface area contributed by atoms with Gasteiger partial charge in [-0.1, -0.05) is 19.6 Å². The quantitative estimate of drug-likeness (QED) is 0.595.